The molecule has 0 aliphatic carbocycles. The first-order valence-corrected chi connectivity index (χ1v) is 5.60. The molecule has 0 bridgehead atoms. The first kappa shape index (κ1) is 12.2. The van der Waals surface area contributed by atoms with E-state index in [2.05, 4.69) is 39.3 Å². The van der Waals surface area contributed by atoms with Gasteiger partial charge in [-0.15, -0.1) is 0 Å². The molecule has 0 spiro atoms. The summed E-state index contributed by atoms with van der Waals surface area (Å²) >= 11 is 0. The first-order chi connectivity index (χ1) is 6.97. The molecule has 1 amide bonds. The van der Waals surface area contributed by atoms with Crippen molar-refractivity contribution in [3.63, 3.8) is 0 Å². The highest BCUT2D eigenvalue weighted by molar-refractivity contribution is 5.87. The van der Waals surface area contributed by atoms with Crippen molar-refractivity contribution in [1.29, 1.82) is 0 Å². The van der Waals surface area contributed by atoms with Gasteiger partial charge in [0, 0.05) is 25.2 Å². The molecule has 1 rings (SSSR count). The Kier molecular flexibility index (Phi) is 3.91. The van der Waals surface area contributed by atoms with Crippen LogP contribution < -0.4 is 0 Å². The lowest BCUT2D eigenvalue weighted by Gasteiger charge is -2.30. The molecule has 15 heavy (non-hydrogen) atoms. The highest BCUT2D eigenvalue weighted by Crippen LogP contribution is 2.22. The summed E-state index contributed by atoms with van der Waals surface area (Å²) in [6.45, 7) is 11.8. The fourth-order valence-electron chi connectivity index (χ4n) is 2.17. The second-order valence-electron chi connectivity index (χ2n) is 4.75. The minimum atomic E-state index is 0.0570. The predicted octanol–water partition coefficient (Wildman–Crippen LogP) is 1.36. The maximum absolute atomic E-state index is 11.5. The van der Waals surface area contributed by atoms with E-state index >= 15 is 0 Å². The Morgan fingerprint density at radius 2 is 2.13 bits per heavy atom. The third kappa shape index (κ3) is 2.59. The maximum Gasteiger partial charge on any atom is 0.246 e. The smallest absolute Gasteiger partial charge is 0.246 e. The van der Waals surface area contributed by atoms with E-state index in [1.807, 2.05) is 4.90 Å². The van der Waals surface area contributed by atoms with Crippen LogP contribution in [0.4, 0.5) is 0 Å². The Hall–Kier alpha value is -0.830. The van der Waals surface area contributed by atoms with Crippen LogP contribution in [0.3, 0.4) is 0 Å². The van der Waals surface area contributed by atoms with Crippen molar-refractivity contribution in [3.8, 4) is 0 Å². The van der Waals surface area contributed by atoms with E-state index in [-0.39, 0.29) is 5.91 Å². The number of nitrogens with zero attached hydrogens (tertiary/aromatic N) is 2. The highest BCUT2D eigenvalue weighted by Gasteiger charge is 2.34. The van der Waals surface area contributed by atoms with Gasteiger partial charge >= 0.3 is 0 Å². The van der Waals surface area contributed by atoms with Gasteiger partial charge in [-0.05, 0) is 32.9 Å². The van der Waals surface area contributed by atoms with E-state index in [1.54, 1.807) is 0 Å². The summed E-state index contributed by atoms with van der Waals surface area (Å²) in [7, 11) is 2.13. The molecular formula is C12H22N2O. The summed E-state index contributed by atoms with van der Waals surface area (Å²) in [6.07, 6.45) is 1.41. The van der Waals surface area contributed by atoms with Gasteiger partial charge in [-0.1, -0.05) is 13.5 Å². The first-order valence-electron chi connectivity index (χ1n) is 5.60. The number of carbonyl (C=O) groups is 1. The second kappa shape index (κ2) is 4.79. The lowest BCUT2D eigenvalue weighted by atomic mass is 10.0. The summed E-state index contributed by atoms with van der Waals surface area (Å²) in [5.74, 6) is 0.600. The molecule has 86 valence electrons. The van der Waals surface area contributed by atoms with E-state index in [9.17, 15) is 4.79 Å². The molecular weight excluding hydrogens is 188 g/mol. The molecule has 0 radical (unpaired) electrons. The molecule has 3 heteroatoms. The van der Waals surface area contributed by atoms with Crippen molar-refractivity contribution >= 4 is 5.91 Å². The van der Waals surface area contributed by atoms with E-state index in [4.69, 9.17) is 0 Å². The van der Waals surface area contributed by atoms with Crippen molar-refractivity contribution in [2.75, 3.05) is 20.1 Å². The van der Waals surface area contributed by atoms with Gasteiger partial charge in [-0.2, -0.15) is 0 Å². The largest absolute Gasteiger partial charge is 0.337 e. The van der Waals surface area contributed by atoms with Crippen molar-refractivity contribution in [2.45, 2.75) is 32.9 Å². The number of hydrogen-bond donors (Lipinski definition) is 0. The molecule has 1 saturated heterocycles. The minimum Gasteiger partial charge on any atom is -0.337 e. The van der Waals surface area contributed by atoms with Gasteiger partial charge in [0.1, 0.15) is 0 Å². The number of carbonyl (C=O) groups excluding carboxylic acids is 1. The average Bonchev–Trinajstić information content (AvgIpc) is 2.57. The molecule has 2 atom stereocenters. The van der Waals surface area contributed by atoms with Crippen LogP contribution in [0.2, 0.25) is 0 Å². The van der Waals surface area contributed by atoms with Crippen molar-refractivity contribution in [3.05, 3.63) is 12.7 Å². The molecule has 3 nitrogen and oxygen atoms in total. The van der Waals surface area contributed by atoms with Crippen LogP contribution in [-0.4, -0.2) is 47.9 Å². The van der Waals surface area contributed by atoms with E-state index in [1.165, 1.54) is 6.08 Å². The van der Waals surface area contributed by atoms with Gasteiger partial charge in [0.2, 0.25) is 5.91 Å². The zero-order chi connectivity index (χ0) is 11.6. The molecule has 1 aliphatic heterocycles. The molecule has 0 aromatic heterocycles. The van der Waals surface area contributed by atoms with Gasteiger partial charge in [-0.25, -0.2) is 0 Å². The predicted molar refractivity (Wildman–Crippen MR) is 62.6 cm³/mol. The van der Waals surface area contributed by atoms with Crippen LogP contribution in [0.5, 0.6) is 0 Å². The molecule has 1 heterocycles. The SMILES string of the molecule is C=CC(=O)N1CC(C)C(N(C)C(C)C)C1. The van der Waals surface area contributed by atoms with Gasteiger partial charge in [-0.3, -0.25) is 9.69 Å². The Bertz CT molecular complexity index is 250. The number of hydrogen-bond acceptors (Lipinski definition) is 2. The zero-order valence-corrected chi connectivity index (χ0v) is 10.2. The van der Waals surface area contributed by atoms with Gasteiger partial charge < -0.3 is 4.90 Å². The lowest BCUT2D eigenvalue weighted by molar-refractivity contribution is -0.125. The molecule has 0 aromatic rings. The second-order valence-corrected chi connectivity index (χ2v) is 4.75. The van der Waals surface area contributed by atoms with Crippen LogP contribution in [0.25, 0.3) is 0 Å². The molecule has 0 aromatic carbocycles. The average molecular weight is 210 g/mol. The lowest BCUT2D eigenvalue weighted by Crippen LogP contribution is -2.42. The van der Waals surface area contributed by atoms with Crippen molar-refractivity contribution < 1.29 is 4.79 Å². The van der Waals surface area contributed by atoms with Crippen LogP contribution in [0, 0.1) is 5.92 Å². The maximum atomic E-state index is 11.5. The topological polar surface area (TPSA) is 23.6 Å². The monoisotopic (exact) mass is 210 g/mol. The third-order valence-electron chi connectivity index (χ3n) is 3.40. The van der Waals surface area contributed by atoms with Gasteiger partial charge in [0.15, 0.2) is 0 Å². The van der Waals surface area contributed by atoms with Crippen LogP contribution >= 0.6 is 0 Å². The number of likely N-dealkylation sites (N-methyl/N-ethyl adjacent to an activating group) is 1. The van der Waals surface area contributed by atoms with Gasteiger partial charge in [0.25, 0.3) is 0 Å². The summed E-state index contributed by atoms with van der Waals surface area (Å²) < 4.78 is 0. The summed E-state index contributed by atoms with van der Waals surface area (Å²) in [5.41, 5.74) is 0. The normalized spacial score (nSPS) is 26.4. The molecule has 2 unspecified atom stereocenters. The zero-order valence-electron chi connectivity index (χ0n) is 10.2. The Labute approximate surface area is 92.7 Å². The number of likely N-dealkylation sites (tertiary alicyclic amines) is 1. The Balaban J connectivity index is 2.64. The quantitative estimate of drug-likeness (QED) is 0.657. The minimum absolute atomic E-state index is 0.0570. The van der Waals surface area contributed by atoms with Gasteiger partial charge in [0.05, 0.1) is 0 Å². The number of rotatable bonds is 3. The summed E-state index contributed by atoms with van der Waals surface area (Å²) in [5, 5.41) is 0. The van der Waals surface area contributed by atoms with E-state index < -0.39 is 0 Å². The third-order valence-corrected chi connectivity index (χ3v) is 3.40. The molecule has 0 saturated carbocycles. The van der Waals surface area contributed by atoms with Crippen molar-refractivity contribution in [1.82, 2.24) is 9.80 Å². The molecule has 0 N–H and O–H groups in total. The Morgan fingerprint density at radius 1 is 1.53 bits per heavy atom. The van der Waals surface area contributed by atoms with Crippen LogP contribution in [0.1, 0.15) is 20.8 Å². The summed E-state index contributed by atoms with van der Waals surface area (Å²) in [6, 6.07) is 1.00. The fraction of sp³-hybridized carbons (Fsp3) is 0.750. The fourth-order valence-corrected chi connectivity index (χ4v) is 2.17. The van der Waals surface area contributed by atoms with Crippen LogP contribution in [-0.2, 0) is 4.79 Å². The van der Waals surface area contributed by atoms with E-state index in [0.717, 1.165) is 13.1 Å². The Morgan fingerprint density at radius 3 is 2.60 bits per heavy atom. The highest BCUT2D eigenvalue weighted by atomic mass is 16.2. The summed E-state index contributed by atoms with van der Waals surface area (Å²) in [4.78, 5) is 15.7. The number of amides is 1. The van der Waals surface area contributed by atoms with Crippen LogP contribution in [0.15, 0.2) is 12.7 Å². The molecule has 1 aliphatic rings. The molecule has 1 fully saturated rings. The van der Waals surface area contributed by atoms with Crippen molar-refractivity contribution in [2.24, 2.45) is 5.92 Å². The van der Waals surface area contributed by atoms with E-state index in [0.29, 0.717) is 18.0 Å². The standard InChI is InChI=1S/C12H22N2O/c1-6-12(15)14-7-10(4)11(8-14)13(5)9(2)3/h6,9-11H,1,7-8H2,2-5H3.